The Balaban J connectivity index is 0. The molecular formula is C13H31ClN4O. The van der Waals surface area contributed by atoms with Crippen LogP contribution in [0.3, 0.4) is 0 Å². The van der Waals surface area contributed by atoms with E-state index < -0.39 is 0 Å². The van der Waals surface area contributed by atoms with Crippen LogP contribution in [0, 0.1) is 0 Å². The Morgan fingerprint density at radius 3 is 1.63 bits per heavy atom. The van der Waals surface area contributed by atoms with Gasteiger partial charge in [-0.2, -0.15) is 0 Å². The maximum atomic E-state index is 11.9. The highest BCUT2D eigenvalue weighted by molar-refractivity contribution is 5.85. The summed E-state index contributed by atoms with van der Waals surface area (Å²) >= 11 is 0. The normalized spacial score (nSPS) is 10.7. The van der Waals surface area contributed by atoms with Crippen molar-refractivity contribution < 1.29 is 4.79 Å². The molecule has 0 bridgehead atoms. The molecule has 0 rings (SSSR count). The van der Waals surface area contributed by atoms with Gasteiger partial charge in [0.2, 0.25) is 5.91 Å². The molecule has 0 atom stereocenters. The number of rotatable bonds is 10. The molecule has 0 aromatic heterocycles. The average molecular weight is 295 g/mol. The Labute approximate surface area is 124 Å². The molecule has 0 heterocycles. The van der Waals surface area contributed by atoms with Gasteiger partial charge in [-0.25, -0.2) is 0 Å². The van der Waals surface area contributed by atoms with Crippen LogP contribution >= 0.6 is 12.4 Å². The van der Waals surface area contributed by atoms with Crippen molar-refractivity contribution in [3.05, 3.63) is 0 Å². The Bertz CT molecular complexity index is 211. The molecule has 116 valence electrons. The zero-order valence-corrected chi connectivity index (χ0v) is 13.9. The number of carbonyl (C=O) groups is 1. The summed E-state index contributed by atoms with van der Waals surface area (Å²) in [5.41, 5.74) is 0. The zero-order valence-electron chi connectivity index (χ0n) is 13.1. The fourth-order valence-electron chi connectivity index (χ4n) is 1.78. The number of nitrogens with one attached hydrogen (secondary N) is 1. The van der Waals surface area contributed by atoms with Crippen LogP contribution in [0.25, 0.3) is 0 Å². The SMILES string of the molecule is CNCC(=O)N(CCCN(C)C)CCCN(C)C.Cl. The number of carbonyl (C=O) groups excluding carboxylic acids is 1. The largest absolute Gasteiger partial charge is 0.341 e. The van der Waals surface area contributed by atoms with Crippen LogP contribution in [0.5, 0.6) is 0 Å². The third kappa shape index (κ3) is 12.4. The third-order valence-corrected chi connectivity index (χ3v) is 2.75. The summed E-state index contributed by atoms with van der Waals surface area (Å²) in [6.07, 6.45) is 2.06. The van der Waals surface area contributed by atoms with Crippen LogP contribution in [0.15, 0.2) is 0 Å². The zero-order chi connectivity index (χ0) is 14.0. The van der Waals surface area contributed by atoms with Gasteiger partial charge in [-0.05, 0) is 61.2 Å². The van der Waals surface area contributed by atoms with Crippen molar-refractivity contribution in [2.24, 2.45) is 0 Å². The predicted octanol–water partition coefficient (Wildman–Crippen LogP) is 0.360. The van der Waals surface area contributed by atoms with Crippen molar-refractivity contribution in [1.29, 1.82) is 0 Å². The first-order valence-corrected chi connectivity index (χ1v) is 6.69. The van der Waals surface area contributed by atoms with E-state index in [2.05, 4.69) is 43.3 Å². The van der Waals surface area contributed by atoms with Gasteiger partial charge in [-0.1, -0.05) is 0 Å². The van der Waals surface area contributed by atoms with Crippen LogP contribution < -0.4 is 5.32 Å². The van der Waals surface area contributed by atoms with Crippen LogP contribution in [0.2, 0.25) is 0 Å². The molecular weight excluding hydrogens is 264 g/mol. The van der Waals surface area contributed by atoms with Crippen molar-refractivity contribution in [2.75, 3.05) is 68.0 Å². The molecule has 0 saturated carbocycles. The third-order valence-electron chi connectivity index (χ3n) is 2.75. The summed E-state index contributed by atoms with van der Waals surface area (Å²) in [5.74, 6) is 0.204. The summed E-state index contributed by atoms with van der Waals surface area (Å²) < 4.78 is 0. The fraction of sp³-hybridized carbons (Fsp3) is 0.923. The summed E-state index contributed by atoms with van der Waals surface area (Å²) in [6, 6.07) is 0. The molecule has 0 aliphatic carbocycles. The number of hydrogen-bond acceptors (Lipinski definition) is 4. The first-order valence-electron chi connectivity index (χ1n) is 6.69. The van der Waals surface area contributed by atoms with Crippen molar-refractivity contribution in [2.45, 2.75) is 12.8 Å². The maximum Gasteiger partial charge on any atom is 0.236 e. The van der Waals surface area contributed by atoms with E-state index in [0.29, 0.717) is 6.54 Å². The minimum absolute atomic E-state index is 0. The van der Waals surface area contributed by atoms with Gasteiger partial charge in [0.05, 0.1) is 6.54 Å². The molecule has 0 radical (unpaired) electrons. The van der Waals surface area contributed by atoms with E-state index in [1.54, 1.807) is 0 Å². The highest BCUT2D eigenvalue weighted by Crippen LogP contribution is 1.97. The maximum absolute atomic E-state index is 11.9. The van der Waals surface area contributed by atoms with Gasteiger partial charge in [0.1, 0.15) is 0 Å². The lowest BCUT2D eigenvalue weighted by Crippen LogP contribution is -2.40. The minimum atomic E-state index is 0. The van der Waals surface area contributed by atoms with Gasteiger partial charge < -0.3 is 20.0 Å². The summed E-state index contributed by atoms with van der Waals surface area (Å²) in [6.45, 7) is 4.19. The van der Waals surface area contributed by atoms with E-state index in [9.17, 15) is 4.79 Å². The summed E-state index contributed by atoms with van der Waals surface area (Å²) in [5, 5.41) is 2.93. The van der Waals surface area contributed by atoms with Crippen molar-refractivity contribution >= 4 is 18.3 Å². The molecule has 0 aliphatic rings. The molecule has 0 aliphatic heterocycles. The fourth-order valence-corrected chi connectivity index (χ4v) is 1.78. The second kappa shape index (κ2) is 12.7. The number of halogens is 1. The van der Waals surface area contributed by atoms with E-state index in [-0.39, 0.29) is 18.3 Å². The summed E-state index contributed by atoms with van der Waals surface area (Å²) in [4.78, 5) is 18.2. The molecule has 0 fully saturated rings. The Hall–Kier alpha value is -0.360. The highest BCUT2D eigenvalue weighted by Gasteiger charge is 2.11. The molecule has 0 aromatic carbocycles. The Morgan fingerprint density at radius 1 is 0.895 bits per heavy atom. The van der Waals surface area contributed by atoms with E-state index >= 15 is 0 Å². The Kier molecular flexibility index (Phi) is 14.0. The lowest BCUT2D eigenvalue weighted by molar-refractivity contribution is -0.130. The van der Waals surface area contributed by atoms with Gasteiger partial charge in [-0.3, -0.25) is 4.79 Å². The molecule has 5 nitrogen and oxygen atoms in total. The minimum Gasteiger partial charge on any atom is -0.341 e. The molecule has 19 heavy (non-hydrogen) atoms. The number of amides is 1. The van der Waals surface area contributed by atoms with Gasteiger partial charge in [0.15, 0.2) is 0 Å². The second-order valence-corrected chi connectivity index (χ2v) is 5.22. The van der Waals surface area contributed by atoms with Gasteiger partial charge in [0.25, 0.3) is 0 Å². The van der Waals surface area contributed by atoms with E-state index in [0.717, 1.165) is 39.0 Å². The standard InChI is InChI=1S/C13H30N4O.ClH/c1-14-12-13(18)17(10-6-8-15(2)3)11-7-9-16(4)5;/h14H,6-12H2,1-5H3;1H. The molecule has 1 N–H and O–H groups in total. The smallest absolute Gasteiger partial charge is 0.236 e. The van der Waals surface area contributed by atoms with Gasteiger partial charge in [0, 0.05) is 13.1 Å². The van der Waals surface area contributed by atoms with Crippen molar-refractivity contribution in [1.82, 2.24) is 20.0 Å². The topological polar surface area (TPSA) is 38.8 Å². The van der Waals surface area contributed by atoms with E-state index in [4.69, 9.17) is 0 Å². The lowest BCUT2D eigenvalue weighted by atomic mass is 10.3. The molecule has 0 aromatic rings. The van der Waals surface area contributed by atoms with E-state index in [1.807, 2.05) is 11.9 Å². The molecule has 0 saturated heterocycles. The molecule has 6 heteroatoms. The Morgan fingerprint density at radius 2 is 1.32 bits per heavy atom. The first-order chi connectivity index (χ1) is 8.47. The van der Waals surface area contributed by atoms with Crippen LogP contribution in [-0.4, -0.2) is 88.6 Å². The number of nitrogens with zero attached hydrogens (tertiary/aromatic N) is 3. The van der Waals surface area contributed by atoms with Crippen molar-refractivity contribution in [3.63, 3.8) is 0 Å². The quantitative estimate of drug-likeness (QED) is 0.631. The van der Waals surface area contributed by atoms with Crippen LogP contribution in [-0.2, 0) is 4.79 Å². The van der Waals surface area contributed by atoms with Crippen LogP contribution in [0.4, 0.5) is 0 Å². The van der Waals surface area contributed by atoms with E-state index in [1.165, 1.54) is 0 Å². The van der Waals surface area contributed by atoms with Gasteiger partial charge in [-0.15, -0.1) is 12.4 Å². The molecule has 1 amide bonds. The number of likely N-dealkylation sites (N-methyl/N-ethyl adjacent to an activating group) is 1. The summed E-state index contributed by atoms with van der Waals surface area (Å²) in [7, 11) is 10.1. The first kappa shape index (κ1) is 20.9. The second-order valence-electron chi connectivity index (χ2n) is 5.22. The van der Waals surface area contributed by atoms with Crippen molar-refractivity contribution in [3.8, 4) is 0 Å². The van der Waals surface area contributed by atoms with Crippen LogP contribution in [0.1, 0.15) is 12.8 Å². The molecule has 0 spiro atoms. The predicted molar refractivity (Wildman–Crippen MR) is 84.1 cm³/mol. The molecule has 0 unspecified atom stereocenters. The highest BCUT2D eigenvalue weighted by atomic mass is 35.5. The van der Waals surface area contributed by atoms with Gasteiger partial charge >= 0.3 is 0 Å². The lowest BCUT2D eigenvalue weighted by Gasteiger charge is -2.24. The monoisotopic (exact) mass is 294 g/mol. The average Bonchev–Trinajstić information content (AvgIpc) is 2.26. The number of hydrogen-bond donors (Lipinski definition) is 1.